The molecular formula is C25H24N2O4. The molecule has 0 bridgehead atoms. The van der Waals surface area contributed by atoms with E-state index in [9.17, 15) is 9.90 Å². The van der Waals surface area contributed by atoms with Gasteiger partial charge in [-0.05, 0) is 48.9 Å². The highest BCUT2D eigenvalue weighted by molar-refractivity contribution is 6.06. The lowest BCUT2D eigenvalue weighted by Gasteiger charge is -2.22. The van der Waals surface area contributed by atoms with Gasteiger partial charge in [-0.2, -0.15) is 5.10 Å². The molecule has 1 heterocycles. The van der Waals surface area contributed by atoms with Crippen molar-refractivity contribution in [2.24, 2.45) is 5.10 Å². The Bertz CT molecular complexity index is 1120. The minimum absolute atomic E-state index is 0.0659. The lowest BCUT2D eigenvalue weighted by Crippen LogP contribution is -2.27. The van der Waals surface area contributed by atoms with Gasteiger partial charge in [-0.15, -0.1) is 0 Å². The van der Waals surface area contributed by atoms with Crippen LogP contribution in [-0.4, -0.2) is 36.0 Å². The molecule has 6 heteroatoms. The molecule has 31 heavy (non-hydrogen) atoms. The van der Waals surface area contributed by atoms with Crippen LogP contribution in [0.3, 0.4) is 0 Å². The van der Waals surface area contributed by atoms with Crippen molar-refractivity contribution in [1.29, 1.82) is 0 Å². The van der Waals surface area contributed by atoms with Crippen LogP contribution in [0.15, 0.2) is 71.8 Å². The van der Waals surface area contributed by atoms with E-state index >= 15 is 0 Å². The Balaban J connectivity index is 1.73. The summed E-state index contributed by atoms with van der Waals surface area (Å²) < 4.78 is 10.4. The smallest absolute Gasteiger partial charge is 0.274 e. The van der Waals surface area contributed by atoms with E-state index in [1.807, 2.05) is 43.3 Å². The molecule has 0 aliphatic carbocycles. The Kier molecular flexibility index (Phi) is 5.62. The van der Waals surface area contributed by atoms with Crippen molar-refractivity contribution in [1.82, 2.24) is 5.01 Å². The van der Waals surface area contributed by atoms with Crippen molar-refractivity contribution in [3.05, 3.63) is 89.0 Å². The number of carbonyl (C=O) groups excluding carboxylic acids is 1. The average molecular weight is 416 g/mol. The summed E-state index contributed by atoms with van der Waals surface area (Å²) in [4.78, 5) is 13.3. The SMILES string of the molecule is COc1ccc([C@@H]2CC(c3ccc(OC)cc3O)=NN2C(=O)c2ccc(C)cc2)cc1. The third-order valence-corrected chi connectivity index (χ3v) is 5.43. The second-order valence-electron chi connectivity index (χ2n) is 7.44. The Morgan fingerprint density at radius 2 is 1.61 bits per heavy atom. The van der Waals surface area contributed by atoms with Gasteiger partial charge in [0.05, 0.1) is 26.0 Å². The van der Waals surface area contributed by atoms with E-state index in [0.717, 1.165) is 16.9 Å². The first-order valence-corrected chi connectivity index (χ1v) is 9.99. The van der Waals surface area contributed by atoms with Crippen molar-refractivity contribution >= 4 is 11.6 Å². The number of hydrazone groups is 1. The van der Waals surface area contributed by atoms with Gasteiger partial charge in [0.1, 0.15) is 17.2 Å². The normalized spacial score (nSPS) is 15.5. The summed E-state index contributed by atoms with van der Waals surface area (Å²) in [5, 5.41) is 16.6. The van der Waals surface area contributed by atoms with E-state index in [1.165, 1.54) is 5.01 Å². The molecule has 158 valence electrons. The molecule has 1 aliphatic heterocycles. The predicted molar refractivity (Wildman–Crippen MR) is 119 cm³/mol. The van der Waals surface area contributed by atoms with Gasteiger partial charge in [-0.1, -0.05) is 29.8 Å². The number of phenols is 1. The van der Waals surface area contributed by atoms with Gasteiger partial charge >= 0.3 is 0 Å². The summed E-state index contributed by atoms with van der Waals surface area (Å²) in [6.07, 6.45) is 0.476. The quantitative estimate of drug-likeness (QED) is 0.654. The lowest BCUT2D eigenvalue weighted by molar-refractivity contribution is 0.0711. The van der Waals surface area contributed by atoms with E-state index in [2.05, 4.69) is 5.10 Å². The fourth-order valence-electron chi connectivity index (χ4n) is 3.66. The topological polar surface area (TPSA) is 71.4 Å². The van der Waals surface area contributed by atoms with E-state index in [-0.39, 0.29) is 17.7 Å². The van der Waals surface area contributed by atoms with Crippen LogP contribution in [0.25, 0.3) is 0 Å². The van der Waals surface area contributed by atoms with Crippen LogP contribution in [-0.2, 0) is 0 Å². The Morgan fingerprint density at radius 3 is 2.23 bits per heavy atom. The molecule has 1 amide bonds. The van der Waals surface area contributed by atoms with Gasteiger partial charge in [0, 0.05) is 23.6 Å². The van der Waals surface area contributed by atoms with Crippen LogP contribution < -0.4 is 9.47 Å². The number of hydrogen-bond donors (Lipinski definition) is 1. The van der Waals surface area contributed by atoms with Crippen LogP contribution in [0, 0.1) is 6.92 Å². The maximum absolute atomic E-state index is 13.3. The Hall–Kier alpha value is -3.80. The van der Waals surface area contributed by atoms with Gasteiger partial charge in [-0.25, -0.2) is 5.01 Å². The van der Waals surface area contributed by atoms with E-state index < -0.39 is 0 Å². The molecule has 0 fully saturated rings. The molecule has 4 rings (SSSR count). The summed E-state index contributed by atoms with van der Waals surface area (Å²) >= 11 is 0. The molecule has 1 atom stereocenters. The zero-order valence-corrected chi connectivity index (χ0v) is 17.7. The average Bonchev–Trinajstić information content (AvgIpc) is 3.24. The van der Waals surface area contributed by atoms with Crippen molar-refractivity contribution in [2.75, 3.05) is 14.2 Å². The van der Waals surface area contributed by atoms with E-state index in [4.69, 9.17) is 9.47 Å². The summed E-state index contributed by atoms with van der Waals surface area (Å²) in [7, 11) is 3.16. The number of phenolic OH excluding ortho intramolecular Hbond substituents is 1. The molecule has 3 aromatic carbocycles. The molecule has 0 saturated carbocycles. The summed E-state index contributed by atoms with van der Waals surface area (Å²) in [6, 6.07) is 19.8. The predicted octanol–water partition coefficient (Wildman–Crippen LogP) is 4.71. The number of carbonyl (C=O) groups is 1. The number of aryl methyl sites for hydroxylation is 1. The van der Waals surface area contributed by atoms with Crippen LogP contribution in [0.2, 0.25) is 0 Å². The van der Waals surface area contributed by atoms with Crippen LogP contribution in [0.1, 0.15) is 39.5 Å². The first kappa shape index (κ1) is 20.5. The van der Waals surface area contributed by atoms with Gasteiger partial charge in [0.25, 0.3) is 5.91 Å². The zero-order valence-electron chi connectivity index (χ0n) is 17.7. The highest BCUT2D eigenvalue weighted by Crippen LogP contribution is 2.37. The molecule has 0 aromatic heterocycles. The fourth-order valence-corrected chi connectivity index (χ4v) is 3.66. The second kappa shape index (κ2) is 8.52. The van der Waals surface area contributed by atoms with Crippen LogP contribution in [0.4, 0.5) is 0 Å². The molecule has 0 saturated heterocycles. The van der Waals surface area contributed by atoms with Crippen LogP contribution >= 0.6 is 0 Å². The van der Waals surface area contributed by atoms with Gasteiger partial charge in [-0.3, -0.25) is 4.79 Å². The van der Waals surface area contributed by atoms with Gasteiger partial charge in [0.15, 0.2) is 0 Å². The first-order chi connectivity index (χ1) is 15.0. The zero-order chi connectivity index (χ0) is 22.0. The molecular weight excluding hydrogens is 392 g/mol. The van der Waals surface area contributed by atoms with Crippen molar-refractivity contribution in [2.45, 2.75) is 19.4 Å². The summed E-state index contributed by atoms with van der Waals surface area (Å²) in [5.74, 6) is 1.17. The number of rotatable bonds is 5. The third-order valence-electron chi connectivity index (χ3n) is 5.43. The van der Waals surface area contributed by atoms with Crippen molar-refractivity contribution < 1.29 is 19.4 Å². The Labute approximate surface area is 181 Å². The number of hydrogen-bond acceptors (Lipinski definition) is 5. The number of aromatic hydroxyl groups is 1. The molecule has 6 nitrogen and oxygen atoms in total. The molecule has 0 spiro atoms. The third kappa shape index (κ3) is 4.10. The highest BCUT2D eigenvalue weighted by Gasteiger charge is 2.34. The Morgan fingerprint density at radius 1 is 0.968 bits per heavy atom. The molecule has 1 N–H and O–H groups in total. The number of ether oxygens (including phenoxy) is 2. The number of amides is 1. The van der Waals surface area contributed by atoms with Gasteiger partial charge < -0.3 is 14.6 Å². The fraction of sp³-hybridized carbons (Fsp3) is 0.200. The maximum Gasteiger partial charge on any atom is 0.274 e. The summed E-state index contributed by atoms with van der Waals surface area (Å²) in [5.41, 5.74) is 3.80. The second-order valence-corrected chi connectivity index (χ2v) is 7.44. The molecule has 1 aliphatic rings. The van der Waals surface area contributed by atoms with Crippen LogP contribution in [0.5, 0.6) is 17.2 Å². The highest BCUT2D eigenvalue weighted by atomic mass is 16.5. The monoisotopic (exact) mass is 416 g/mol. The minimum Gasteiger partial charge on any atom is -0.507 e. The van der Waals surface area contributed by atoms with Crippen molar-refractivity contribution in [3.8, 4) is 17.2 Å². The molecule has 3 aromatic rings. The molecule has 0 radical (unpaired) electrons. The summed E-state index contributed by atoms with van der Waals surface area (Å²) in [6.45, 7) is 1.98. The molecule has 0 unspecified atom stereocenters. The number of benzene rings is 3. The van der Waals surface area contributed by atoms with E-state index in [1.54, 1.807) is 44.6 Å². The minimum atomic E-state index is -0.295. The van der Waals surface area contributed by atoms with Crippen molar-refractivity contribution in [3.63, 3.8) is 0 Å². The maximum atomic E-state index is 13.3. The number of methoxy groups -OCH3 is 2. The van der Waals surface area contributed by atoms with E-state index in [0.29, 0.717) is 29.0 Å². The number of nitrogens with zero attached hydrogens (tertiary/aromatic N) is 2. The lowest BCUT2D eigenvalue weighted by atomic mass is 9.97. The standard InChI is InChI=1S/C25H24N2O4/c1-16-4-6-18(7-5-16)25(29)27-23(17-8-10-19(30-2)11-9-17)15-22(26-27)21-13-12-20(31-3)14-24(21)28/h4-14,23,28H,15H2,1-3H3/t23-/m0/s1. The largest absolute Gasteiger partial charge is 0.507 e. The first-order valence-electron chi connectivity index (χ1n) is 9.99. The van der Waals surface area contributed by atoms with Gasteiger partial charge in [0.2, 0.25) is 0 Å².